The van der Waals surface area contributed by atoms with Crippen LogP contribution in [0.2, 0.25) is 0 Å². The molecule has 1 N–H and O–H groups in total. The Morgan fingerprint density at radius 2 is 1.36 bits per heavy atom. The van der Waals surface area contributed by atoms with Crippen molar-refractivity contribution < 1.29 is 9.59 Å². The third-order valence-electron chi connectivity index (χ3n) is 4.59. The molecule has 1 aliphatic carbocycles. The molecule has 3 nitrogen and oxygen atoms in total. The summed E-state index contributed by atoms with van der Waals surface area (Å²) in [6.07, 6.45) is 0.977. The van der Waals surface area contributed by atoms with Crippen LogP contribution in [0.4, 0.5) is 11.4 Å². The number of aryl methyl sites for hydroxylation is 1. The minimum atomic E-state index is -0.113. The lowest BCUT2D eigenvalue weighted by Gasteiger charge is -2.20. The van der Waals surface area contributed by atoms with E-state index in [-0.39, 0.29) is 11.6 Å². The number of ketones is 2. The lowest BCUT2D eigenvalue weighted by molar-refractivity contribution is 0.0979. The van der Waals surface area contributed by atoms with Gasteiger partial charge in [0.1, 0.15) is 0 Å². The molecule has 25 heavy (non-hydrogen) atoms. The molecule has 0 atom stereocenters. The third-order valence-corrected chi connectivity index (χ3v) is 4.59. The Morgan fingerprint density at radius 1 is 0.720 bits per heavy atom. The van der Waals surface area contributed by atoms with Gasteiger partial charge in [-0.3, -0.25) is 9.59 Å². The quantitative estimate of drug-likeness (QED) is 0.589. The van der Waals surface area contributed by atoms with Crippen LogP contribution in [-0.2, 0) is 6.42 Å². The lowest BCUT2D eigenvalue weighted by Crippen LogP contribution is -2.22. The standard InChI is InChI=1S/C22H17NO2/c1-2-14-10-12-15(13-11-14)23-19-9-5-8-18-20(19)22(25)17-7-4-3-6-16(17)21(18)24/h3-13,23H,2H2,1H3. The first-order valence-electron chi connectivity index (χ1n) is 8.36. The summed E-state index contributed by atoms with van der Waals surface area (Å²) in [5.74, 6) is -0.214. The maximum absolute atomic E-state index is 13.0. The molecule has 122 valence electrons. The fourth-order valence-electron chi connectivity index (χ4n) is 3.23. The first-order chi connectivity index (χ1) is 12.2. The second-order valence-electron chi connectivity index (χ2n) is 6.11. The molecule has 3 heteroatoms. The van der Waals surface area contributed by atoms with E-state index in [1.54, 1.807) is 36.4 Å². The molecule has 0 saturated carbocycles. The summed E-state index contributed by atoms with van der Waals surface area (Å²) in [7, 11) is 0. The Bertz CT molecular complexity index is 987. The van der Waals surface area contributed by atoms with Crippen molar-refractivity contribution in [3.05, 3.63) is 94.5 Å². The van der Waals surface area contributed by atoms with Gasteiger partial charge in [0.25, 0.3) is 0 Å². The number of hydrogen-bond donors (Lipinski definition) is 1. The molecular weight excluding hydrogens is 310 g/mol. The van der Waals surface area contributed by atoms with Crippen molar-refractivity contribution in [2.45, 2.75) is 13.3 Å². The molecule has 4 rings (SSSR count). The van der Waals surface area contributed by atoms with Crippen molar-refractivity contribution in [3.8, 4) is 0 Å². The van der Waals surface area contributed by atoms with Gasteiger partial charge in [0.2, 0.25) is 0 Å². The fourth-order valence-corrected chi connectivity index (χ4v) is 3.23. The number of anilines is 2. The van der Waals surface area contributed by atoms with Crippen molar-refractivity contribution in [1.82, 2.24) is 0 Å². The Kier molecular flexibility index (Phi) is 3.69. The largest absolute Gasteiger partial charge is 0.355 e. The van der Waals surface area contributed by atoms with Crippen molar-refractivity contribution in [2.24, 2.45) is 0 Å². The van der Waals surface area contributed by atoms with E-state index in [1.165, 1.54) is 5.56 Å². The van der Waals surface area contributed by atoms with Crippen molar-refractivity contribution in [2.75, 3.05) is 5.32 Å². The maximum atomic E-state index is 13.0. The van der Waals surface area contributed by atoms with Crippen LogP contribution in [-0.4, -0.2) is 11.6 Å². The van der Waals surface area contributed by atoms with E-state index in [1.807, 2.05) is 18.2 Å². The molecule has 0 spiro atoms. The van der Waals surface area contributed by atoms with Gasteiger partial charge in [-0.25, -0.2) is 0 Å². The molecule has 0 saturated heterocycles. The second kappa shape index (κ2) is 6.02. The van der Waals surface area contributed by atoms with E-state index in [9.17, 15) is 9.59 Å². The Hall–Kier alpha value is -3.20. The van der Waals surface area contributed by atoms with Gasteiger partial charge < -0.3 is 5.32 Å². The molecule has 1 aliphatic rings. The predicted molar refractivity (Wildman–Crippen MR) is 98.9 cm³/mol. The fraction of sp³-hybridized carbons (Fsp3) is 0.0909. The Balaban J connectivity index is 1.79. The monoisotopic (exact) mass is 327 g/mol. The zero-order valence-electron chi connectivity index (χ0n) is 13.9. The summed E-state index contributed by atoms with van der Waals surface area (Å²) in [5, 5.41) is 3.29. The van der Waals surface area contributed by atoms with Crippen molar-refractivity contribution in [3.63, 3.8) is 0 Å². The zero-order chi connectivity index (χ0) is 17.4. The molecule has 0 unspecified atom stereocenters. The molecule has 0 aromatic heterocycles. The van der Waals surface area contributed by atoms with Crippen molar-refractivity contribution in [1.29, 1.82) is 0 Å². The molecule has 0 fully saturated rings. The maximum Gasteiger partial charge on any atom is 0.196 e. The van der Waals surface area contributed by atoms with Crippen molar-refractivity contribution >= 4 is 22.9 Å². The number of carbonyl (C=O) groups is 2. The molecule has 0 amide bonds. The van der Waals surface area contributed by atoms with E-state index in [0.717, 1.165) is 12.1 Å². The SMILES string of the molecule is CCc1ccc(Nc2cccc3c2C(=O)c2ccccc2C3=O)cc1. The summed E-state index contributed by atoms with van der Waals surface area (Å²) in [5.41, 5.74) is 4.66. The molecule has 0 heterocycles. The molecular formula is C22H17NO2. The van der Waals surface area contributed by atoms with Crippen LogP contribution in [0.25, 0.3) is 0 Å². The number of fused-ring (bicyclic) bond motifs is 2. The number of hydrogen-bond acceptors (Lipinski definition) is 3. The van der Waals surface area contributed by atoms with Gasteiger partial charge in [0, 0.05) is 22.4 Å². The average Bonchev–Trinajstić information content (AvgIpc) is 2.66. The minimum absolute atomic E-state index is 0.102. The van der Waals surface area contributed by atoms with Crippen LogP contribution in [0, 0.1) is 0 Å². The summed E-state index contributed by atoms with van der Waals surface area (Å²) in [6.45, 7) is 2.11. The van der Waals surface area contributed by atoms with E-state index >= 15 is 0 Å². The highest BCUT2D eigenvalue weighted by Crippen LogP contribution is 2.33. The molecule has 0 radical (unpaired) electrons. The van der Waals surface area contributed by atoms with E-state index in [2.05, 4.69) is 24.4 Å². The van der Waals surface area contributed by atoms with Gasteiger partial charge in [-0.15, -0.1) is 0 Å². The van der Waals surface area contributed by atoms with Gasteiger partial charge >= 0.3 is 0 Å². The summed E-state index contributed by atoms with van der Waals surface area (Å²) < 4.78 is 0. The first-order valence-corrected chi connectivity index (χ1v) is 8.36. The summed E-state index contributed by atoms with van der Waals surface area (Å²) in [6, 6.07) is 20.4. The second-order valence-corrected chi connectivity index (χ2v) is 6.11. The number of carbonyl (C=O) groups excluding carboxylic acids is 2. The number of rotatable bonds is 3. The first kappa shape index (κ1) is 15.3. The normalized spacial score (nSPS) is 12.5. The molecule has 3 aromatic rings. The van der Waals surface area contributed by atoms with E-state index in [0.29, 0.717) is 27.9 Å². The smallest absolute Gasteiger partial charge is 0.196 e. The third kappa shape index (κ3) is 2.54. The average molecular weight is 327 g/mol. The highest BCUT2D eigenvalue weighted by atomic mass is 16.1. The van der Waals surface area contributed by atoms with E-state index in [4.69, 9.17) is 0 Å². The van der Waals surface area contributed by atoms with Gasteiger partial charge in [-0.05, 0) is 30.2 Å². The highest BCUT2D eigenvalue weighted by molar-refractivity contribution is 6.30. The number of benzene rings is 3. The lowest BCUT2D eigenvalue weighted by atomic mass is 9.83. The van der Waals surface area contributed by atoms with Gasteiger partial charge in [0.05, 0.1) is 11.3 Å². The number of nitrogens with one attached hydrogen (secondary N) is 1. The van der Waals surface area contributed by atoms with Gasteiger partial charge in [0.15, 0.2) is 11.6 Å². The summed E-state index contributed by atoms with van der Waals surface area (Å²) in [4.78, 5) is 25.7. The Morgan fingerprint density at radius 3 is 2.04 bits per heavy atom. The van der Waals surface area contributed by atoms with Crippen LogP contribution < -0.4 is 5.32 Å². The van der Waals surface area contributed by atoms with Crippen LogP contribution >= 0.6 is 0 Å². The van der Waals surface area contributed by atoms with Crippen LogP contribution in [0.15, 0.2) is 66.7 Å². The van der Waals surface area contributed by atoms with Crippen LogP contribution in [0.1, 0.15) is 44.3 Å². The van der Waals surface area contributed by atoms with Gasteiger partial charge in [-0.2, -0.15) is 0 Å². The highest BCUT2D eigenvalue weighted by Gasteiger charge is 2.31. The van der Waals surface area contributed by atoms with Gasteiger partial charge in [-0.1, -0.05) is 55.5 Å². The summed E-state index contributed by atoms with van der Waals surface area (Å²) >= 11 is 0. The van der Waals surface area contributed by atoms with Crippen LogP contribution in [0.3, 0.4) is 0 Å². The molecule has 0 aliphatic heterocycles. The minimum Gasteiger partial charge on any atom is -0.355 e. The molecule has 3 aromatic carbocycles. The van der Waals surface area contributed by atoms with Crippen LogP contribution in [0.5, 0.6) is 0 Å². The zero-order valence-corrected chi connectivity index (χ0v) is 13.9. The topological polar surface area (TPSA) is 46.2 Å². The predicted octanol–water partition coefficient (Wildman–Crippen LogP) is 4.77. The molecule has 0 bridgehead atoms. The Labute approximate surface area is 146 Å². The van der Waals surface area contributed by atoms with E-state index < -0.39 is 0 Å².